The Balaban J connectivity index is 3.23. The largest absolute Gasteiger partial charge is 0.476 e. The standard InChI is InChI=1S/C7H8N2O3/c1-2-9-6(10)4-3-5(8-9)7(11)12/h3-4H,2H2,1H3,(H,11,12). The second kappa shape index (κ2) is 3.17. The lowest BCUT2D eigenvalue weighted by molar-refractivity contribution is 0.0687. The number of carboxylic acids is 1. The molecule has 0 fully saturated rings. The van der Waals surface area contributed by atoms with Gasteiger partial charge in [-0.25, -0.2) is 9.48 Å². The van der Waals surface area contributed by atoms with Crippen LogP contribution in [0.5, 0.6) is 0 Å². The van der Waals surface area contributed by atoms with Crippen LogP contribution >= 0.6 is 0 Å². The first kappa shape index (κ1) is 8.45. The molecule has 0 aliphatic heterocycles. The summed E-state index contributed by atoms with van der Waals surface area (Å²) in [7, 11) is 0. The van der Waals surface area contributed by atoms with E-state index in [-0.39, 0.29) is 11.3 Å². The highest BCUT2D eigenvalue weighted by molar-refractivity contribution is 5.84. The Labute approximate surface area is 68.3 Å². The van der Waals surface area contributed by atoms with Gasteiger partial charge in [-0.15, -0.1) is 0 Å². The van der Waals surface area contributed by atoms with Crippen LogP contribution < -0.4 is 5.56 Å². The van der Waals surface area contributed by atoms with Crippen molar-refractivity contribution in [3.63, 3.8) is 0 Å². The predicted octanol–water partition coefficient (Wildman–Crippen LogP) is -0.0386. The summed E-state index contributed by atoms with van der Waals surface area (Å²) in [6.07, 6.45) is 0. The van der Waals surface area contributed by atoms with Crippen LogP contribution in [0.25, 0.3) is 0 Å². The van der Waals surface area contributed by atoms with Gasteiger partial charge in [0, 0.05) is 12.6 Å². The van der Waals surface area contributed by atoms with Gasteiger partial charge in [0.1, 0.15) is 0 Å². The molecule has 64 valence electrons. The summed E-state index contributed by atoms with van der Waals surface area (Å²) in [6, 6.07) is 2.39. The van der Waals surface area contributed by atoms with E-state index in [0.717, 1.165) is 4.68 Å². The lowest BCUT2D eigenvalue weighted by Crippen LogP contribution is -2.23. The first-order valence-corrected chi connectivity index (χ1v) is 3.46. The number of carbonyl (C=O) groups is 1. The van der Waals surface area contributed by atoms with Crippen LogP contribution in [0.15, 0.2) is 16.9 Å². The van der Waals surface area contributed by atoms with Crippen LogP contribution in [0.3, 0.4) is 0 Å². The molecule has 0 bridgehead atoms. The number of aromatic nitrogens is 2. The van der Waals surface area contributed by atoms with Crippen LogP contribution in [0.2, 0.25) is 0 Å². The second-order valence-corrected chi connectivity index (χ2v) is 2.18. The van der Waals surface area contributed by atoms with E-state index in [1.807, 2.05) is 0 Å². The normalized spacial score (nSPS) is 9.75. The van der Waals surface area contributed by atoms with Gasteiger partial charge in [0.15, 0.2) is 5.69 Å². The van der Waals surface area contributed by atoms with E-state index in [2.05, 4.69) is 5.10 Å². The summed E-state index contributed by atoms with van der Waals surface area (Å²) in [5.74, 6) is -1.13. The fraction of sp³-hybridized carbons (Fsp3) is 0.286. The Morgan fingerprint density at radius 1 is 1.67 bits per heavy atom. The predicted molar refractivity (Wildman–Crippen MR) is 41.1 cm³/mol. The highest BCUT2D eigenvalue weighted by Crippen LogP contribution is 1.88. The zero-order valence-electron chi connectivity index (χ0n) is 6.52. The zero-order valence-corrected chi connectivity index (χ0v) is 6.52. The summed E-state index contributed by atoms with van der Waals surface area (Å²) in [6.45, 7) is 2.10. The molecule has 5 nitrogen and oxygen atoms in total. The van der Waals surface area contributed by atoms with Crippen molar-refractivity contribution < 1.29 is 9.90 Å². The minimum atomic E-state index is -1.13. The monoisotopic (exact) mass is 168 g/mol. The Morgan fingerprint density at radius 2 is 2.33 bits per heavy atom. The molecule has 1 aromatic heterocycles. The Bertz CT molecular complexity index is 356. The average Bonchev–Trinajstić information content (AvgIpc) is 2.05. The molecule has 0 aliphatic carbocycles. The van der Waals surface area contributed by atoms with Gasteiger partial charge in [0.2, 0.25) is 0 Å². The van der Waals surface area contributed by atoms with Crippen molar-refractivity contribution in [3.05, 3.63) is 28.2 Å². The average molecular weight is 168 g/mol. The van der Waals surface area contributed by atoms with Crippen molar-refractivity contribution in [2.24, 2.45) is 0 Å². The third kappa shape index (κ3) is 1.50. The van der Waals surface area contributed by atoms with E-state index in [4.69, 9.17) is 5.11 Å². The van der Waals surface area contributed by atoms with Gasteiger partial charge in [0.05, 0.1) is 0 Å². The number of aryl methyl sites for hydroxylation is 1. The number of nitrogens with zero attached hydrogens (tertiary/aromatic N) is 2. The van der Waals surface area contributed by atoms with Crippen molar-refractivity contribution in [2.75, 3.05) is 0 Å². The SMILES string of the molecule is CCn1nc(C(=O)O)ccc1=O. The molecule has 0 saturated heterocycles. The van der Waals surface area contributed by atoms with Crippen LogP contribution in [-0.2, 0) is 6.54 Å². The van der Waals surface area contributed by atoms with E-state index >= 15 is 0 Å². The molecule has 1 heterocycles. The maximum absolute atomic E-state index is 10.9. The Hall–Kier alpha value is -1.65. The molecule has 0 unspecified atom stereocenters. The molecular weight excluding hydrogens is 160 g/mol. The van der Waals surface area contributed by atoms with Crippen LogP contribution in [-0.4, -0.2) is 20.9 Å². The topological polar surface area (TPSA) is 72.2 Å². The molecule has 0 aliphatic rings. The molecular formula is C7H8N2O3. The number of carboxylic acid groups (broad SMARTS) is 1. The molecule has 1 rings (SSSR count). The molecule has 0 amide bonds. The van der Waals surface area contributed by atoms with Crippen molar-refractivity contribution in [2.45, 2.75) is 13.5 Å². The Morgan fingerprint density at radius 3 is 2.83 bits per heavy atom. The lowest BCUT2D eigenvalue weighted by Gasteiger charge is -1.99. The highest BCUT2D eigenvalue weighted by atomic mass is 16.4. The van der Waals surface area contributed by atoms with Gasteiger partial charge in [-0.2, -0.15) is 5.10 Å². The number of rotatable bonds is 2. The first-order chi connectivity index (χ1) is 5.65. The molecule has 0 atom stereocenters. The summed E-state index contributed by atoms with van der Waals surface area (Å²) in [5.41, 5.74) is -0.404. The lowest BCUT2D eigenvalue weighted by atomic mass is 10.4. The van der Waals surface area contributed by atoms with Crippen molar-refractivity contribution in [1.82, 2.24) is 9.78 Å². The van der Waals surface area contributed by atoms with Crippen molar-refractivity contribution in [1.29, 1.82) is 0 Å². The smallest absolute Gasteiger partial charge is 0.356 e. The minimum absolute atomic E-state index is 0.114. The van der Waals surface area contributed by atoms with Gasteiger partial charge in [-0.3, -0.25) is 4.79 Å². The quantitative estimate of drug-likeness (QED) is 0.672. The van der Waals surface area contributed by atoms with E-state index in [1.54, 1.807) is 6.92 Å². The molecule has 0 radical (unpaired) electrons. The summed E-state index contributed by atoms with van der Waals surface area (Å²) in [5, 5.41) is 12.1. The van der Waals surface area contributed by atoms with Gasteiger partial charge in [0.25, 0.3) is 5.56 Å². The molecule has 1 aromatic rings. The fourth-order valence-corrected chi connectivity index (χ4v) is 0.790. The van der Waals surface area contributed by atoms with E-state index in [9.17, 15) is 9.59 Å². The van der Waals surface area contributed by atoms with Gasteiger partial charge < -0.3 is 5.11 Å². The van der Waals surface area contributed by atoms with E-state index in [0.29, 0.717) is 6.54 Å². The summed E-state index contributed by atoms with van der Waals surface area (Å²) in [4.78, 5) is 21.3. The maximum atomic E-state index is 10.9. The first-order valence-electron chi connectivity index (χ1n) is 3.46. The van der Waals surface area contributed by atoms with Crippen molar-refractivity contribution >= 4 is 5.97 Å². The minimum Gasteiger partial charge on any atom is -0.476 e. The third-order valence-electron chi connectivity index (χ3n) is 1.39. The second-order valence-electron chi connectivity index (χ2n) is 2.18. The maximum Gasteiger partial charge on any atom is 0.356 e. The zero-order chi connectivity index (χ0) is 9.14. The number of hydrogen-bond acceptors (Lipinski definition) is 3. The molecule has 0 spiro atoms. The molecule has 5 heteroatoms. The van der Waals surface area contributed by atoms with Crippen LogP contribution in [0, 0.1) is 0 Å². The molecule has 0 saturated carbocycles. The summed E-state index contributed by atoms with van der Waals surface area (Å²) < 4.78 is 1.10. The van der Waals surface area contributed by atoms with E-state index in [1.165, 1.54) is 12.1 Å². The third-order valence-corrected chi connectivity index (χ3v) is 1.39. The molecule has 12 heavy (non-hydrogen) atoms. The van der Waals surface area contributed by atoms with Gasteiger partial charge in [-0.1, -0.05) is 0 Å². The van der Waals surface area contributed by atoms with Crippen LogP contribution in [0.1, 0.15) is 17.4 Å². The van der Waals surface area contributed by atoms with Crippen LogP contribution in [0.4, 0.5) is 0 Å². The van der Waals surface area contributed by atoms with E-state index < -0.39 is 5.97 Å². The highest BCUT2D eigenvalue weighted by Gasteiger charge is 2.05. The van der Waals surface area contributed by atoms with Gasteiger partial charge >= 0.3 is 5.97 Å². The molecule has 0 aromatic carbocycles. The number of hydrogen-bond donors (Lipinski definition) is 1. The molecule has 1 N–H and O–H groups in total. The van der Waals surface area contributed by atoms with Gasteiger partial charge in [-0.05, 0) is 13.0 Å². The summed E-state index contributed by atoms with van der Waals surface area (Å²) >= 11 is 0. The fourth-order valence-electron chi connectivity index (χ4n) is 0.790. The Kier molecular flexibility index (Phi) is 2.23. The number of aromatic carboxylic acids is 1. The van der Waals surface area contributed by atoms with Crippen molar-refractivity contribution in [3.8, 4) is 0 Å².